The molecule has 3 aliphatic carbocycles. The third-order valence-corrected chi connectivity index (χ3v) is 16.5. The summed E-state index contributed by atoms with van der Waals surface area (Å²) in [7, 11) is 0. The van der Waals surface area contributed by atoms with Crippen LogP contribution in [0.5, 0.6) is 17.2 Å². The van der Waals surface area contributed by atoms with Crippen molar-refractivity contribution in [3.63, 3.8) is 0 Å². The highest BCUT2D eigenvalue weighted by Crippen LogP contribution is 2.70. The molecular formula is C54H76N4O12. The molecule has 4 saturated heterocycles. The van der Waals surface area contributed by atoms with E-state index in [1.807, 2.05) is 71.7 Å². The third-order valence-electron chi connectivity index (χ3n) is 16.5. The van der Waals surface area contributed by atoms with Crippen molar-refractivity contribution >= 4 is 23.5 Å². The van der Waals surface area contributed by atoms with Crippen LogP contribution in [0.15, 0.2) is 41.0 Å². The first-order valence-corrected chi connectivity index (χ1v) is 25.8. The summed E-state index contributed by atoms with van der Waals surface area (Å²) in [6.45, 7) is 18.0. The fourth-order valence-electron chi connectivity index (χ4n) is 12.8. The monoisotopic (exact) mass is 973 g/mol. The molecule has 3 saturated carbocycles. The number of hydrogen-bond acceptors (Lipinski definition) is 15. The molecule has 6 N–H and O–H groups in total. The smallest absolute Gasteiger partial charge is 0.260 e. The number of carbonyl (C=O) groups excluding carboxylic acids is 3. The van der Waals surface area contributed by atoms with Crippen molar-refractivity contribution in [3.8, 4) is 17.2 Å². The molecule has 0 radical (unpaired) electrons. The number of rotatable bonds is 14. The number of hydrazine groups is 2. The number of fused-ring (bicyclic) bond motifs is 2. The van der Waals surface area contributed by atoms with Gasteiger partial charge in [-0.3, -0.25) is 25.2 Å². The quantitative estimate of drug-likeness (QED) is 0.105. The van der Waals surface area contributed by atoms with Crippen molar-refractivity contribution in [2.45, 2.75) is 185 Å². The van der Waals surface area contributed by atoms with Crippen LogP contribution in [-0.2, 0) is 25.5 Å². The molecule has 16 heteroatoms. The molecule has 16 nitrogen and oxygen atoms in total. The average Bonchev–Trinajstić information content (AvgIpc) is 3.46. The Morgan fingerprint density at radius 1 is 0.857 bits per heavy atom. The van der Waals surface area contributed by atoms with E-state index in [-0.39, 0.29) is 47.4 Å². The number of ether oxygens (including phenoxy) is 5. The number of Topliss-reactive ketones (excluding diaryl/α,β-unsaturated/α-hetero) is 2. The van der Waals surface area contributed by atoms with Crippen molar-refractivity contribution in [3.05, 3.63) is 57.7 Å². The molecule has 0 aromatic heterocycles. The van der Waals surface area contributed by atoms with Gasteiger partial charge in [-0.25, -0.2) is 10.0 Å². The Kier molecular flexibility index (Phi) is 14.2. The largest absolute Gasteiger partial charge is 0.482 e. The first-order chi connectivity index (χ1) is 33.3. The Balaban J connectivity index is 1.26. The van der Waals surface area contributed by atoms with Gasteiger partial charge in [-0.15, -0.1) is 0 Å². The second-order valence-corrected chi connectivity index (χ2v) is 22.4. The van der Waals surface area contributed by atoms with E-state index in [9.17, 15) is 25.2 Å². The van der Waals surface area contributed by atoms with E-state index < -0.39 is 83.5 Å². The SMILES string of the molecule is CC(C)=CCCC1(C)C=Cc2c(c(CC=C(C)C)c3c(c2O[C@@H]2O[C@H](CO)[C@@H](O)[C@@H](O)[C@H]2O)C(=O)C2C(NN4CCCCC4)C4CC5C(C)(C)OC(CC=C(C)C(=O)NN6CCCCC6)(C4=O)C25O3)O1. The lowest BCUT2D eigenvalue weighted by Crippen LogP contribution is -2.82. The summed E-state index contributed by atoms with van der Waals surface area (Å²) in [5.41, 5.74) is 5.27. The zero-order chi connectivity index (χ0) is 50.1. The lowest BCUT2D eigenvalue weighted by Gasteiger charge is -2.63. The number of carbonyl (C=O) groups is 3. The lowest BCUT2D eigenvalue weighted by molar-refractivity contribution is -0.277. The van der Waals surface area contributed by atoms with Crippen LogP contribution < -0.4 is 25.1 Å². The second kappa shape index (κ2) is 19.5. The number of nitrogens with zero attached hydrogens (tertiary/aromatic N) is 2. The summed E-state index contributed by atoms with van der Waals surface area (Å²) in [5.74, 6) is -2.47. The fourth-order valence-corrected chi connectivity index (χ4v) is 12.8. The molecule has 1 aromatic carbocycles. The Morgan fingerprint density at radius 3 is 2.19 bits per heavy atom. The molecule has 7 unspecified atom stereocenters. The minimum atomic E-state index is -1.80. The number of allylic oxidation sites excluding steroid dienone is 4. The van der Waals surface area contributed by atoms with Crippen LogP contribution in [0.3, 0.4) is 0 Å². The fraction of sp³-hybridized carbons (Fsp3) is 0.685. The predicted octanol–water partition coefficient (Wildman–Crippen LogP) is 5.19. The molecule has 7 fully saturated rings. The molecule has 384 valence electrons. The van der Waals surface area contributed by atoms with Crippen LogP contribution in [0, 0.1) is 17.8 Å². The maximum Gasteiger partial charge on any atom is 0.260 e. The first kappa shape index (κ1) is 51.0. The van der Waals surface area contributed by atoms with Gasteiger partial charge >= 0.3 is 0 Å². The molecule has 70 heavy (non-hydrogen) atoms. The van der Waals surface area contributed by atoms with Gasteiger partial charge in [-0.1, -0.05) is 42.2 Å². The number of benzene rings is 1. The zero-order valence-corrected chi connectivity index (χ0v) is 42.3. The number of aliphatic hydroxyl groups is 4. The minimum absolute atomic E-state index is 0.0195. The van der Waals surface area contributed by atoms with Crippen molar-refractivity contribution < 1.29 is 58.5 Å². The van der Waals surface area contributed by atoms with Crippen LogP contribution >= 0.6 is 0 Å². The van der Waals surface area contributed by atoms with Gasteiger partial charge in [0.1, 0.15) is 52.8 Å². The van der Waals surface area contributed by atoms with Crippen LogP contribution in [-0.4, -0.2) is 140 Å². The summed E-state index contributed by atoms with van der Waals surface area (Å²) in [6, 6.07) is -0.719. The van der Waals surface area contributed by atoms with Gasteiger partial charge in [0.15, 0.2) is 22.8 Å². The standard InChI is InChI=1S/C54H76N4O12/c1-30(2)16-15-21-52(8)22-20-34-45(68-52)33(18-17-31(3)4)47-38(46(34)67-50-44(63)43(62)41(60)36(29-59)66-50)42(61)39-40(55-57-24-11-9-12-25-57)35-28-37-51(6,7)70-53(48(35)64,54(37,39)69-47)23-19-32(5)49(65)56-58-26-13-10-14-27-58/h16-17,19-20,22,35-37,39-41,43-44,50,55,59-60,62-63H,9-15,18,21,23-29H2,1-8H3,(H,56,65)/t35?,36-,37?,39?,40?,41-,43-,44-,50+,52?,53?,54?/m1/s1. The van der Waals surface area contributed by atoms with Crippen LogP contribution in [0.1, 0.15) is 141 Å². The molecular weight excluding hydrogens is 897 g/mol. The molecule has 1 spiro atoms. The molecule has 6 aliphatic heterocycles. The summed E-state index contributed by atoms with van der Waals surface area (Å²) < 4.78 is 34.9. The van der Waals surface area contributed by atoms with Crippen molar-refractivity contribution in [1.29, 1.82) is 0 Å². The van der Waals surface area contributed by atoms with E-state index in [4.69, 9.17) is 23.7 Å². The van der Waals surface area contributed by atoms with E-state index in [0.717, 1.165) is 76.7 Å². The average molecular weight is 973 g/mol. The van der Waals surface area contributed by atoms with Gasteiger partial charge in [0, 0.05) is 61.6 Å². The molecule has 6 heterocycles. The highest BCUT2D eigenvalue weighted by Gasteiger charge is 2.85. The summed E-state index contributed by atoms with van der Waals surface area (Å²) >= 11 is 0. The number of ketones is 2. The molecule has 9 aliphatic rings. The molecule has 4 bridgehead atoms. The molecule has 1 amide bonds. The van der Waals surface area contributed by atoms with E-state index in [1.165, 1.54) is 5.57 Å². The number of nitrogens with one attached hydrogen (secondary N) is 2. The number of aliphatic hydroxyl groups excluding tert-OH is 4. The highest BCUT2D eigenvalue weighted by molar-refractivity contribution is 6.10. The van der Waals surface area contributed by atoms with E-state index in [2.05, 4.69) is 21.9 Å². The Labute approximate surface area is 412 Å². The van der Waals surface area contributed by atoms with Crippen LogP contribution in [0.4, 0.5) is 0 Å². The van der Waals surface area contributed by atoms with Gasteiger partial charge in [0.2, 0.25) is 6.29 Å². The topological polar surface area (TPSA) is 209 Å². The van der Waals surface area contributed by atoms with Crippen molar-refractivity contribution in [1.82, 2.24) is 20.9 Å². The number of hydrogen-bond donors (Lipinski definition) is 6. The van der Waals surface area contributed by atoms with Gasteiger partial charge in [0.05, 0.1) is 23.7 Å². The summed E-state index contributed by atoms with van der Waals surface area (Å²) in [6.07, 6.45) is 9.61. The Hall–Kier alpha value is -3.97. The van der Waals surface area contributed by atoms with Crippen LogP contribution in [0.2, 0.25) is 0 Å². The Morgan fingerprint density at radius 2 is 1.53 bits per heavy atom. The van der Waals surface area contributed by atoms with E-state index >= 15 is 9.59 Å². The first-order valence-electron chi connectivity index (χ1n) is 25.8. The number of piperidine rings is 2. The van der Waals surface area contributed by atoms with Crippen molar-refractivity contribution in [2.24, 2.45) is 17.8 Å². The summed E-state index contributed by atoms with van der Waals surface area (Å²) in [4.78, 5) is 46.3. The van der Waals surface area contributed by atoms with E-state index in [1.54, 1.807) is 13.0 Å². The maximum atomic E-state index is 16.6. The normalized spacial score (nSPS) is 36.6. The zero-order valence-electron chi connectivity index (χ0n) is 42.3. The van der Waals surface area contributed by atoms with Gasteiger partial charge in [-0.05, 0) is 119 Å². The van der Waals surface area contributed by atoms with E-state index in [0.29, 0.717) is 35.3 Å². The second-order valence-electron chi connectivity index (χ2n) is 22.4. The molecule has 12 atom stereocenters. The Bertz CT molecular complexity index is 2340. The number of amides is 1. The van der Waals surface area contributed by atoms with Gasteiger partial charge in [0.25, 0.3) is 5.91 Å². The van der Waals surface area contributed by atoms with Crippen LogP contribution in [0.25, 0.3) is 6.08 Å². The maximum absolute atomic E-state index is 16.6. The predicted molar refractivity (Wildman–Crippen MR) is 261 cm³/mol. The van der Waals surface area contributed by atoms with Gasteiger partial charge in [-0.2, -0.15) is 0 Å². The summed E-state index contributed by atoms with van der Waals surface area (Å²) in [5, 5.41) is 47.6. The minimum Gasteiger partial charge on any atom is -0.482 e. The molecule has 10 rings (SSSR count). The highest BCUT2D eigenvalue weighted by atomic mass is 16.7. The van der Waals surface area contributed by atoms with Crippen molar-refractivity contribution in [2.75, 3.05) is 32.8 Å². The molecule has 1 aromatic rings. The van der Waals surface area contributed by atoms with Gasteiger partial charge < -0.3 is 44.1 Å². The lowest BCUT2D eigenvalue weighted by atomic mass is 9.45. The third kappa shape index (κ3) is 8.70.